The average Bonchev–Trinajstić information content (AvgIpc) is 3.36. The summed E-state index contributed by atoms with van der Waals surface area (Å²) in [5, 5.41) is 12.3. The Labute approximate surface area is 204 Å². The van der Waals surface area contributed by atoms with Gasteiger partial charge in [-0.25, -0.2) is 0 Å². The molecule has 0 bridgehead atoms. The van der Waals surface area contributed by atoms with Gasteiger partial charge in [0.15, 0.2) is 5.78 Å². The molecule has 0 aliphatic heterocycles. The number of nitrogens with zero attached hydrogens (tertiary/aromatic N) is 1. The van der Waals surface area contributed by atoms with Gasteiger partial charge in [0.25, 0.3) is 0 Å². The fourth-order valence-corrected chi connectivity index (χ4v) is 4.54. The van der Waals surface area contributed by atoms with E-state index < -0.39 is 17.8 Å². The summed E-state index contributed by atoms with van der Waals surface area (Å²) in [4.78, 5) is 41.0. The number of benzene rings is 2. The number of carboxylic acids is 1. The minimum atomic E-state index is -0.914. The highest BCUT2D eigenvalue weighted by atomic mass is 16.5. The number of ketones is 1. The predicted octanol–water partition coefficient (Wildman–Crippen LogP) is 5.01. The summed E-state index contributed by atoms with van der Waals surface area (Å²) in [6.07, 6.45) is 3.69. The van der Waals surface area contributed by atoms with E-state index in [0.29, 0.717) is 36.6 Å². The number of Topliss-reactive ketones (excluding diaryl/α,β-unsaturated/α-hetero) is 1. The monoisotopic (exact) mass is 472 g/mol. The van der Waals surface area contributed by atoms with Gasteiger partial charge in [0.2, 0.25) is 5.91 Å². The van der Waals surface area contributed by atoms with Crippen LogP contribution in [0, 0.1) is 11.8 Å². The molecular weight excluding hydrogens is 444 g/mol. The SMILES string of the molecule is CCOc1ccccc1CC(=O)Nc1ccc(-c2ccc(C(=O)[C@@H]3CCC[C@H]3C(=O)O)nc2)cc1. The molecule has 2 aromatic carbocycles. The van der Waals surface area contributed by atoms with Crippen LogP contribution in [0.4, 0.5) is 5.69 Å². The van der Waals surface area contributed by atoms with Crippen molar-refractivity contribution in [3.63, 3.8) is 0 Å². The highest BCUT2D eigenvalue weighted by Crippen LogP contribution is 2.34. The summed E-state index contributed by atoms with van der Waals surface area (Å²) in [5.41, 5.74) is 3.51. The molecular formula is C28H28N2O5. The highest BCUT2D eigenvalue weighted by Gasteiger charge is 2.38. The number of nitrogens with one attached hydrogen (secondary N) is 1. The van der Waals surface area contributed by atoms with Gasteiger partial charge in [0.1, 0.15) is 11.4 Å². The van der Waals surface area contributed by atoms with Crippen molar-refractivity contribution in [2.45, 2.75) is 32.6 Å². The van der Waals surface area contributed by atoms with Crippen molar-refractivity contribution in [3.05, 3.63) is 78.1 Å². The minimum Gasteiger partial charge on any atom is -0.494 e. The summed E-state index contributed by atoms with van der Waals surface area (Å²) >= 11 is 0. The molecule has 0 unspecified atom stereocenters. The van der Waals surface area contributed by atoms with E-state index in [-0.39, 0.29) is 18.1 Å². The van der Waals surface area contributed by atoms with Gasteiger partial charge in [0, 0.05) is 28.9 Å². The number of aromatic nitrogens is 1. The second-order valence-electron chi connectivity index (χ2n) is 8.62. The molecule has 0 radical (unpaired) electrons. The van der Waals surface area contributed by atoms with Crippen LogP contribution in [0.15, 0.2) is 66.9 Å². The molecule has 2 atom stereocenters. The third-order valence-corrected chi connectivity index (χ3v) is 6.31. The molecule has 35 heavy (non-hydrogen) atoms. The number of hydrogen-bond acceptors (Lipinski definition) is 5. The molecule has 0 spiro atoms. The second kappa shape index (κ2) is 11.0. The number of carbonyl (C=O) groups excluding carboxylic acids is 2. The zero-order chi connectivity index (χ0) is 24.8. The number of carbonyl (C=O) groups is 3. The van der Waals surface area contributed by atoms with Gasteiger partial charge in [0.05, 0.1) is 18.9 Å². The van der Waals surface area contributed by atoms with Crippen LogP contribution in [0.25, 0.3) is 11.1 Å². The molecule has 7 nitrogen and oxygen atoms in total. The zero-order valence-corrected chi connectivity index (χ0v) is 19.6. The first-order valence-electron chi connectivity index (χ1n) is 11.8. The van der Waals surface area contributed by atoms with Crippen LogP contribution in [0.3, 0.4) is 0 Å². The minimum absolute atomic E-state index is 0.138. The Balaban J connectivity index is 1.38. The van der Waals surface area contributed by atoms with Gasteiger partial charge in [-0.1, -0.05) is 42.8 Å². The van der Waals surface area contributed by atoms with Crippen molar-refractivity contribution in [1.82, 2.24) is 4.98 Å². The fourth-order valence-electron chi connectivity index (χ4n) is 4.54. The summed E-state index contributed by atoms with van der Waals surface area (Å²) < 4.78 is 5.59. The van der Waals surface area contributed by atoms with Gasteiger partial charge >= 0.3 is 5.97 Å². The highest BCUT2D eigenvalue weighted by molar-refractivity contribution is 5.99. The Hall–Kier alpha value is -4.00. The molecule has 4 rings (SSSR count). The molecule has 3 aromatic rings. The van der Waals surface area contributed by atoms with Crippen LogP contribution in [0.1, 0.15) is 42.2 Å². The largest absolute Gasteiger partial charge is 0.494 e. The Kier molecular flexibility index (Phi) is 7.55. The van der Waals surface area contributed by atoms with Gasteiger partial charge in [-0.3, -0.25) is 19.4 Å². The third kappa shape index (κ3) is 5.74. The number of anilines is 1. The summed E-state index contributed by atoms with van der Waals surface area (Å²) in [6, 6.07) is 18.3. The molecule has 1 heterocycles. The smallest absolute Gasteiger partial charge is 0.307 e. The topological polar surface area (TPSA) is 106 Å². The summed E-state index contributed by atoms with van der Waals surface area (Å²) in [7, 11) is 0. The number of amides is 1. The lowest BCUT2D eigenvalue weighted by Gasteiger charge is -2.14. The van der Waals surface area contributed by atoms with E-state index in [1.807, 2.05) is 61.5 Å². The number of carboxylic acid groups (broad SMARTS) is 1. The summed E-state index contributed by atoms with van der Waals surface area (Å²) in [5.74, 6) is -1.68. The second-order valence-corrected chi connectivity index (χ2v) is 8.62. The van der Waals surface area contributed by atoms with Gasteiger partial charge < -0.3 is 15.2 Å². The van der Waals surface area contributed by atoms with E-state index in [1.54, 1.807) is 12.3 Å². The van der Waals surface area contributed by atoms with Crippen molar-refractivity contribution >= 4 is 23.3 Å². The summed E-state index contributed by atoms with van der Waals surface area (Å²) in [6.45, 7) is 2.44. The first kappa shape index (κ1) is 24.1. The number of para-hydroxylation sites is 1. The van der Waals surface area contributed by atoms with Crippen LogP contribution in [-0.4, -0.2) is 34.4 Å². The number of pyridine rings is 1. The molecule has 1 aromatic heterocycles. The van der Waals surface area contributed by atoms with Crippen molar-refractivity contribution in [3.8, 4) is 16.9 Å². The van der Waals surface area contributed by atoms with E-state index in [0.717, 1.165) is 23.1 Å². The number of rotatable bonds is 9. The first-order chi connectivity index (χ1) is 17.0. The van der Waals surface area contributed by atoms with Crippen molar-refractivity contribution in [1.29, 1.82) is 0 Å². The van der Waals surface area contributed by atoms with Crippen LogP contribution in [0.5, 0.6) is 5.75 Å². The molecule has 1 amide bonds. The van der Waals surface area contributed by atoms with Gasteiger partial charge in [-0.05, 0) is 49.6 Å². The van der Waals surface area contributed by atoms with E-state index in [1.165, 1.54) is 0 Å². The van der Waals surface area contributed by atoms with E-state index in [4.69, 9.17) is 4.74 Å². The van der Waals surface area contributed by atoms with Crippen molar-refractivity contribution in [2.75, 3.05) is 11.9 Å². The fraction of sp³-hybridized carbons (Fsp3) is 0.286. The number of aliphatic carboxylic acids is 1. The van der Waals surface area contributed by atoms with E-state index >= 15 is 0 Å². The van der Waals surface area contributed by atoms with Crippen LogP contribution in [-0.2, 0) is 16.0 Å². The zero-order valence-electron chi connectivity index (χ0n) is 19.6. The number of ether oxygens (including phenoxy) is 1. The Morgan fingerprint density at radius 2 is 1.69 bits per heavy atom. The first-order valence-corrected chi connectivity index (χ1v) is 11.8. The molecule has 0 saturated heterocycles. The quantitative estimate of drug-likeness (QED) is 0.424. The maximum atomic E-state index is 12.8. The molecule has 1 aliphatic rings. The Morgan fingerprint density at radius 3 is 2.37 bits per heavy atom. The van der Waals surface area contributed by atoms with Crippen molar-refractivity contribution in [2.24, 2.45) is 11.8 Å². The van der Waals surface area contributed by atoms with Gasteiger partial charge in [-0.2, -0.15) is 0 Å². The van der Waals surface area contributed by atoms with E-state index in [2.05, 4.69) is 10.3 Å². The van der Waals surface area contributed by atoms with Crippen LogP contribution in [0.2, 0.25) is 0 Å². The molecule has 1 fully saturated rings. The van der Waals surface area contributed by atoms with Crippen molar-refractivity contribution < 1.29 is 24.2 Å². The normalized spacial score (nSPS) is 17.1. The Bertz CT molecular complexity index is 1200. The Morgan fingerprint density at radius 1 is 0.971 bits per heavy atom. The van der Waals surface area contributed by atoms with Crippen LogP contribution < -0.4 is 10.1 Å². The molecule has 1 aliphatic carbocycles. The lowest BCUT2D eigenvalue weighted by Crippen LogP contribution is -2.25. The van der Waals surface area contributed by atoms with E-state index in [9.17, 15) is 19.5 Å². The molecule has 7 heteroatoms. The standard InChI is InChI=1S/C28H28N2O5/c1-2-35-25-9-4-3-6-19(25)16-26(31)30-21-13-10-18(11-14-21)20-12-15-24(29-17-20)27(32)22-7-5-8-23(22)28(33)34/h3-4,6,9-15,17,22-23H,2,5,7-8,16H2,1H3,(H,30,31)(H,33,34)/t22-,23-/m1/s1. The third-order valence-electron chi connectivity index (χ3n) is 6.31. The predicted molar refractivity (Wildman–Crippen MR) is 132 cm³/mol. The molecule has 180 valence electrons. The van der Waals surface area contributed by atoms with Crippen LogP contribution >= 0.6 is 0 Å². The molecule has 2 N–H and O–H groups in total. The maximum absolute atomic E-state index is 12.8. The lowest BCUT2D eigenvalue weighted by atomic mass is 9.90. The average molecular weight is 473 g/mol. The molecule has 1 saturated carbocycles. The maximum Gasteiger partial charge on any atom is 0.307 e. The van der Waals surface area contributed by atoms with Gasteiger partial charge in [-0.15, -0.1) is 0 Å². The number of hydrogen-bond donors (Lipinski definition) is 2. The lowest BCUT2D eigenvalue weighted by molar-refractivity contribution is -0.142.